The highest BCUT2D eigenvalue weighted by Crippen LogP contribution is 2.52. The Kier molecular flexibility index (Phi) is 8.35. The maximum Gasteiger partial charge on any atom is 0.416 e. The zero-order valence-electron chi connectivity index (χ0n) is 25.6. The monoisotopic (exact) mass is 600 g/mol. The minimum atomic E-state index is -4.68. The van der Waals surface area contributed by atoms with Crippen LogP contribution in [0.15, 0.2) is 42.5 Å². The third-order valence-corrected chi connectivity index (χ3v) is 10.2. The van der Waals surface area contributed by atoms with Crippen molar-refractivity contribution in [1.29, 1.82) is 0 Å². The van der Waals surface area contributed by atoms with Gasteiger partial charge in [-0.15, -0.1) is 0 Å². The topological polar surface area (TPSA) is 78.9 Å². The summed E-state index contributed by atoms with van der Waals surface area (Å²) in [6.45, 7) is 8.15. The molecule has 6 nitrogen and oxygen atoms in total. The van der Waals surface area contributed by atoms with Gasteiger partial charge in [-0.25, -0.2) is 4.79 Å². The SMILES string of the molecule is COc1ccc(C2(C)CCC2)cc1CN[C@H]1[C@H](C(C)(C)C)[C@@H](C(=O)O)N(C(=O)C2CCC2)[C@H]1c1ccccc1C(F)(F)F. The lowest BCUT2D eigenvalue weighted by atomic mass is 9.66. The molecule has 2 saturated carbocycles. The third kappa shape index (κ3) is 5.77. The predicted octanol–water partition coefficient (Wildman–Crippen LogP) is 7.11. The second kappa shape index (κ2) is 11.5. The molecule has 4 atom stereocenters. The first-order valence-electron chi connectivity index (χ1n) is 15.3. The van der Waals surface area contributed by atoms with Crippen molar-refractivity contribution in [2.45, 2.75) is 102 Å². The maximum atomic E-state index is 14.5. The Morgan fingerprint density at radius 3 is 2.26 bits per heavy atom. The van der Waals surface area contributed by atoms with Crippen LogP contribution in [-0.4, -0.2) is 41.1 Å². The normalized spacial score (nSPS) is 25.6. The number of hydrogen-bond acceptors (Lipinski definition) is 4. The van der Waals surface area contributed by atoms with Crippen molar-refractivity contribution in [3.05, 3.63) is 64.7 Å². The van der Waals surface area contributed by atoms with Crippen molar-refractivity contribution in [1.82, 2.24) is 10.2 Å². The van der Waals surface area contributed by atoms with Crippen LogP contribution in [0.4, 0.5) is 13.2 Å². The number of alkyl halides is 3. The Morgan fingerprint density at radius 2 is 1.74 bits per heavy atom. The maximum absolute atomic E-state index is 14.5. The summed E-state index contributed by atoms with van der Waals surface area (Å²) in [5.74, 6) is -2.00. The molecule has 0 spiro atoms. The zero-order valence-corrected chi connectivity index (χ0v) is 25.6. The number of carboxylic acid groups (broad SMARTS) is 1. The quantitative estimate of drug-likeness (QED) is 0.338. The molecule has 1 heterocycles. The molecule has 2 aromatic rings. The van der Waals surface area contributed by atoms with E-state index in [-0.39, 0.29) is 29.3 Å². The van der Waals surface area contributed by atoms with Crippen molar-refractivity contribution >= 4 is 11.9 Å². The molecule has 0 bridgehead atoms. The number of hydrogen-bond donors (Lipinski definition) is 2. The van der Waals surface area contributed by atoms with Crippen LogP contribution in [0.5, 0.6) is 5.75 Å². The van der Waals surface area contributed by atoms with Gasteiger partial charge in [-0.3, -0.25) is 4.79 Å². The largest absolute Gasteiger partial charge is 0.496 e. The van der Waals surface area contributed by atoms with Gasteiger partial charge in [-0.05, 0) is 59.8 Å². The number of nitrogens with one attached hydrogen (secondary N) is 1. The summed E-state index contributed by atoms with van der Waals surface area (Å²) >= 11 is 0. The number of ether oxygens (including phenoxy) is 1. The van der Waals surface area contributed by atoms with E-state index in [0.29, 0.717) is 18.6 Å². The second-order valence-corrected chi connectivity index (χ2v) is 13.9. The number of methoxy groups -OCH3 is 1. The first kappa shape index (κ1) is 31.4. The molecule has 43 heavy (non-hydrogen) atoms. The Labute approximate surface area is 252 Å². The average molecular weight is 601 g/mol. The van der Waals surface area contributed by atoms with E-state index in [1.807, 2.05) is 26.8 Å². The molecule has 9 heteroatoms. The van der Waals surface area contributed by atoms with Gasteiger partial charge in [0.1, 0.15) is 11.8 Å². The van der Waals surface area contributed by atoms with Gasteiger partial charge in [0.25, 0.3) is 0 Å². The fourth-order valence-corrected chi connectivity index (χ4v) is 7.45. The van der Waals surface area contributed by atoms with Crippen LogP contribution in [0.3, 0.4) is 0 Å². The molecule has 0 radical (unpaired) electrons. The first-order valence-corrected chi connectivity index (χ1v) is 15.3. The second-order valence-electron chi connectivity index (χ2n) is 13.9. The van der Waals surface area contributed by atoms with Crippen LogP contribution in [-0.2, 0) is 27.7 Å². The standard InChI is InChI=1S/C34H43F3N2O4/c1-32(2,3)26-27(38-19-21-18-22(14-15-25(21)43-5)33(4)16-9-17-33)28(23-12-6-7-13-24(23)34(35,36)37)39(29(26)31(41)42)30(40)20-10-8-11-20/h6-7,12-15,18,20,26-29,38H,8-11,16-17,19H2,1-5H3,(H,41,42)/t26-,27-,28-,29-/m0/s1. The molecule has 1 amide bonds. The van der Waals surface area contributed by atoms with Crippen molar-refractivity contribution in [3.63, 3.8) is 0 Å². The minimum absolute atomic E-state index is 0.0664. The number of rotatable bonds is 8. The summed E-state index contributed by atoms with van der Waals surface area (Å²) in [6.07, 6.45) is 0.692. The fourth-order valence-electron chi connectivity index (χ4n) is 7.45. The van der Waals surface area contributed by atoms with Gasteiger partial charge in [0.15, 0.2) is 0 Å². The molecule has 2 N–H and O–H groups in total. The highest BCUT2D eigenvalue weighted by Gasteiger charge is 2.59. The van der Waals surface area contributed by atoms with E-state index < -0.39 is 47.2 Å². The molecular weight excluding hydrogens is 557 g/mol. The van der Waals surface area contributed by atoms with Crippen molar-refractivity contribution in [3.8, 4) is 5.75 Å². The van der Waals surface area contributed by atoms with Crippen LogP contribution in [0.1, 0.15) is 94.5 Å². The molecule has 3 aliphatic rings. The van der Waals surface area contributed by atoms with Crippen LogP contribution in [0.2, 0.25) is 0 Å². The van der Waals surface area contributed by atoms with Gasteiger partial charge in [0.05, 0.1) is 18.7 Å². The molecule has 5 rings (SSSR count). The van der Waals surface area contributed by atoms with Gasteiger partial charge in [-0.1, -0.05) is 70.9 Å². The van der Waals surface area contributed by atoms with E-state index in [2.05, 4.69) is 24.4 Å². The van der Waals surface area contributed by atoms with Gasteiger partial charge in [-0.2, -0.15) is 13.2 Å². The van der Waals surface area contributed by atoms with E-state index in [9.17, 15) is 27.9 Å². The molecule has 0 aromatic heterocycles. The Hall–Kier alpha value is -3.07. The number of aliphatic carboxylic acids is 1. The minimum Gasteiger partial charge on any atom is -0.496 e. The summed E-state index contributed by atoms with van der Waals surface area (Å²) < 4.78 is 49.1. The summed E-state index contributed by atoms with van der Waals surface area (Å²) in [6, 6.07) is 8.16. The summed E-state index contributed by atoms with van der Waals surface area (Å²) in [4.78, 5) is 28.3. The number of halogens is 3. The number of carbonyl (C=O) groups excluding carboxylic acids is 1. The summed E-state index contributed by atoms with van der Waals surface area (Å²) in [5.41, 5.74) is 0.497. The third-order valence-electron chi connectivity index (χ3n) is 10.2. The molecular formula is C34H43F3N2O4. The first-order chi connectivity index (χ1) is 20.2. The van der Waals surface area contributed by atoms with Gasteiger partial charge < -0.3 is 20.1 Å². The van der Waals surface area contributed by atoms with E-state index in [1.54, 1.807) is 7.11 Å². The predicted molar refractivity (Wildman–Crippen MR) is 158 cm³/mol. The van der Waals surface area contributed by atoms with Gasteiger partial charge >= 0.3 is 12.1 Å². The number of nitrogens with zero attached hydrogens (tertiary/aromatic N) is 1. The van der Waals surface area contributed by atoms with E-state index in [0.717, 1.165) is 37.3 Å². The number of amides is 1. The van der Waals surface area contributed by atoms with Crippen molar-refractivity contribution in [2.24, 2.45) is 17.3 Å². The van der Waals surface area contributed by atoms with E-state index >= 15 is 0 Å². The van der Waals surface area contributed by atoms with Crippen LogP contribution >= 0.6 is 0 Å². The highest BCUT2D eigenvalue weighted by molar-refractivity contribution is 5.87. The van der Waals surface area contributed by atoms with Gasteiger partial charge in [0, 0.05) is 30.0 Å². The number of carbonyl (C=O) groups is 2. The smallest absolute Gasteiger partial charge is 0.416 e. The molecule has 0 unspecified atom stereocenters. The van der Waals surface area contributed by atoms with Crippen LogP contribution in [0.25, 0.3) is 0 Å². The Bertz CT molecular complexity index is 1360. The lowest BCUT2D eigenvalue weighted by Crippen LogP contribution is -2.50. The highest BCUT2D eigenvalue weighted by atomic mass is 19.4. The summed E-state index contributed by atoms with van der Waals surface area (Å²) in [5, 5.41) is 14.1. The number of carboxylic acids is 1. The lowest BCUT2D eigenvalue weighted by molar-refractivity contribution is -0.155. The van der Waals surface area contributed by atoms with E-state index in [4.69, 9.17) is 4.74 Å². The zero-order chi connectivity index (χ0) is 31.3. The fraction of sp³-hybridized carbons (Fsp3) is 0.588. The molecule has 234 valence electrons. The lowest BCUT2D eigenvalue weighted by Gasteiger charge is -2.39. The molecule has 3 fully saturated rings. The average Bonchev–Trinajstić information content (AvgIpc) is 3.25. The van der Waals surface area contributed by atoms with Crippen LogP contribution < -0.4 is 10.1 Å². The van der Waals surface area contributed by atoms with Crippen molar-refractivity contribution in [2.75, 3.05) is 7.11 Å². The number of benzene rings is 2. The molecule has 1 aliphatic heterocycles. The number of likely N-dealkylation sites (tertiary alicyclic amines) is 1. The molecule has 2 aliphatic carbocycles. The van der Waals surface area contributed by atoms with Gasteiger partial charge in [0.2, 0.25) is 5.91 Å². The summed E-state index contributed by atoms with van der Waals surface area (Å²) in [7, 11) is 1.58. The Balaban J connectivity index is 1.64. The van der Waals surface area contributed by atoms with Crippen LogP contribution in [0, 0.1) is 17.3 Å². The molecule has 1 saturated heterocycles. The molecule has 2 aromatic carbocycles. The Morgan fingerprint density at radius 1 is 1.07 bits per heavy atom. The van der Waals surface area contributed by atoms with E-state index in [1.165, 1.54) is 28.7 Å². The van der Waals surface area contributed by atoms with Crippen molar-refractivity contribution < 1.29 is 32.6 Å².